The molecule has 124 valence electrons. The number of aromatic nitrogens is 3. The number of nitrogens with zero attached hydrogens (tertiary/aromatic N) is 3. The summed E-state index contributed by atoms with van der Waals surface area (Å²) in [5.41, 5.74) is 2.43. The van der Waals surface area contributed by atoms with Crippen molar-refractivity contribution in [1.82, 2.24) is 19.7 Å². The average Bonchev–Trinajstić information content (AvgIpc) is 3.11. The lowest BCUT2D eigenvalue weighted by atomic mass is 10.2. The molecule has 1 aromatic carbocycles. The van der Waals surface area contributed by atoms with Gasteiger partial charge in [0.2, 0.25) is 5.91 Å². The molecule has 1 aliphatic rings. The van der Waals surface area contributed by atoms with Crippen LogP contribution in [0.1, 0.15) is 24.3 Å². The second-order valence-corrected chi connectivity index (χ2v) is 6.61. The molecule has 3 aromatic rings. The molecule has 1 N–H and O–H groups in total. The Morgan fingerprint density at radius 3 is 3.04 bits per heavy atom. The van der Waals surface area contributed by atoms with E-state index in [1.54, 1.807) is 4.68 Å². The molecule has 0 spiro atoms. The molecule has 0 bridgehead atoms. The minimum absolute atomic E-state index is 0.126. The van der Waals surface area contributed by atoms with Crippen LogP contribution in [-0.2, 0) is 18.4 Å². The van der Waals surface area contributed by atoms with E-state index in [0.717, 1.165) is 25.9 Å². The van der Waals surface area contributed by atoms with Crippen molar-refractivity contribution in [2.24, 2.45) is 13.0 Å². The number of para-hydroxylation sites is 1. The summed E-state index contributed by atoms with van der Waals surface area (Å²) < 4.78 is 4.04. The van der Waals surface area contributed by atoms with Crippen LogP contribution >= 0.6 is 0 Å². The number of carbonyl (C=O) groups is 1. The number of hydrogen-bond donors (Lipinski definition) is 1. The summed E-state index contributed by atoms with van der Waals surface area (Å²) in [7, 11) is 1.91. The van der Waals surface area contributed by atoms with Crippen molar-refractivity contribution in [1.29, 1.82) is 0 Å². The first-order chi connectivity index (χ1) is 11.7. The highest BCUT2D eigenvalue weighted by molar-refractivity contribution is 5.82. The lowest BCUT2D eigenvalue weighted by Gasteiger charge is -2.07. The number of nitrogens with one attached hydrogen (secondary N) is 1. The summed E-state index contributed by atoms with van der Waals surface area (Å²) in [6, 6.07) is 10.5. The van der Waals surface area contributed by atoms with Gasteiger partial charge >= 0.3 is 0 Å². The Hall–Kier alpha value is -2.56. The van der Waals surface area contributed by atoms with E-state index < -0.39 is 0 Å². The highest BCUT2D eigenvalue weighted by Gasteiger charge is 2.44. The third-order valence-corrected chi connectivity index (χ3v) is 4.84. The van der Waals surface area contributed by atoms with Gasteiger partial charge in [-0.05, 0) is 41.8 Å². The van der Waals surface area contributed by atoms with Gasteiger partial charge in [0.1, 0.15) is 0 Å². The monoisotopic (exact) mass is 322 g/mol. The van der Waals surface area contributed by atoms with E-state index in [2.05, 4.69) is 51.5 Å². The van der Waals surface area contributed by atoms with Crippen molar-refractivity contribution in [2.75, 3.05) is 6.54 Å². The van der Waals surface area contributed by atoms with Gasteiger partial charge in [0.25, 0.3) is 0 Å². The summed E-state index contributed by atoms with van der Waals surface area (Å²) >= 11 is 0. The quantitative estimate of drug-likeness (QED) is 0.709. The van der Waals surface area contributed by atoms with Crippen molar-refractivity contribution in [3.05, 3.63) is 54.5 Å². The molecule has 1 amide bonds. The third kappa shape index (κ3) is 2.94. The van der Waals surface area contributed by atoms with Gasteiger partial charge in [0.15, 0.2) is 0 Å². The van der Waals surface area contributed by atoms with Gasteiger partial charge < -0.3 is 9.88 Å². The molecule has 0 radical (unpaired) electrons. The van der Waals surface area contributed by atoms with Crippen molar-refractivity contribution in [3.8, 4) is 0 Å². The van der Waals surface area contributed by atoms with Crippen LogP contribution in [0.4, 0.5) is 0 Å². The minimum Gasteiger partial charge on any atom is -0.356 e. The first-order valence-corrected chi connectivity index (χ1v) is 8.52. The van der Waals surface area contributed by atoms with Crippen LogP contribution < -0.4 is 5.32 Å². The molecule has 24 heavy (non-hydrogen) atoms. The number of rotatable bonds is 6. The van der Waals surface area contributed by atoms with E-state index in [1.807, 2.05) is 19.4 Å². The molecule has 0 aliphatic heterocycles. The van der Waals surface area contributed by atoms with E-state index in [-0.39, 0.29) is 11.8 Å². The van der Waals surface area contributed by atoms with E-state index in [9.17, 15) is 4.79 Å². The Labute approximate surface area is 141 Å². The molecule has 0 unspecified atom stereocenters. The molecule has 2 aromatic heterocycles. The zero-order chi connectivity index (χ0) is 16.5. The van der Waals surface area contributed by atoms with Gasteiger partial charge in [-0.2, -0.15) is 5.10 Å². The molecule has 1 aliphatic carbocycles. The van der Waals surface area contributed by atoms with E-state index in [0.29, 0.717) is 5.92 Å². The maximum Gasteiger partial charge on any atom is 0.223 e. The molecule has 5 nitrogen and oxygen atoms in total. The topological polar surface area (TPSA) is 51.9 Å². The summed E-state index contributed by atoms with van der Waals surface area (Å²) in [6.45, 7) is 1.64. The second-order valence-electron chi connectivity index (χ2n) is 6.61. The predicted octanol–water partition coefficient (Wildman–Crippen LogP) is 2.68. The number of amides is 1. The first kappa shape index (κ1) is 15.0. The maximum atomic E-state index is 12.2. The summed E-state index contributed by atoms with van der Waals surface area (Å²) in [4.78, 5) is 12.2. The number of aryl methyl sites for hydroxylation is 2. The largest absolute Gasteiger partial charge is 0.356 e. The van der Waals surface area contributed by atoms with Crippen LogP contribution in [-0.4, -0.2) is 26.8 Å². The maximum absolute atomic E-state index is 12.2. The van der Waals surface area contributed by atoms with Crippen LogP contribution in [0, 0.1) is 5.92 Å². The Morgan fingerprint density at radius 1 is 1.33 bits per heavy atom. The molecular weight excluding hydrogens is 300 g/mol. The van der Waals surface area contributed by atoms with Gasteiger partial charge in [-0.15, -0.1) is 0 Å². The van der Waals surface area contributed by atoms with Crippen LogP contribution in [0.2, 0.25) is 0 Å². The van der Waals surface area contributed by atoms with E-state index in [4.69, 9.17) is 0 Å². The van der Waals surface area contributed by atoms with Gasteiger partial charge in [-0.25, -0.2) is 0 Å². The van der Waals surface area contributed by atoms with Crippen molar-refractivity contribution >= 4 is 16.8 Å². The standard InChI is InChI=1S/C19H22N4O/c1-22-13-15(12-21-22)16-11-17(16)19(24)20-8-4-9-23-10-7-14-5-2-3-6-18(14)23/h2-3,5-7,10,12-13,16-17H,4,8-9,11H2,1H3,(H,20,24)/t16-,17+/m1/s1. The summed E-state index contributed by atoms with van der Waals surface area (Å²) in [5.74, 6) is 0.662. The molecule has 1 saturated carbocycles. The van der Waals surface area contributed by atoms with E-state index in [1.165, 1.54) is 16.5 Å². The number of benzene rings is 1. The normalized spacial score (nSPS) is 19.5. The zero-order valence-electron chi connectivity index (χ0n) is 13.9. The first-order valence-electron chi connectivity index (χ1n) is 8.52. The lowest BCUT2D eigenvalue weighted by Crippen LogP contribution is -2.27. The van der Waals surface area contributed by atoms with Crippen LogP contribution in [0.25, 0.3) is 10.9 Å². The van der Waals surface area contributed by atoms with Crippen LogP contribution in [0.3, 0.4) is 0 Å². The molecule has 5 heteroatoms. The van der Waals surface area contributed by atoms with Gasteiger partial charge in [-0.3, -0.25) is 9.48 Å². The van der Waals surface area contributed by atoms with Crippen molar-refractivity contribution < 1.29 is 4.79 Å². The Morgan fingerprint density at radius 2 is 2.21 bits per heavy atom. The Kier molecular flexibility index (Phi) is 3.84. The van der Waals surface area contributed by atoms with Crippen molar-refractivity contribution in [3.63, 3.8) is 0 Å². The zero-order valence-corrected chi connectivity index (χ0v) is 13.9. The Bertz CT molecular complexity index is 863. The summed E-state index contributed by atoms with van der Waals surface area (Å²) in [6.07, 6.45) is 7.88. The smallest absolute Gasteiger partial charge is 0.223 e. The highest BCUT2D eigenvalue weighted by Crippen LogP contribution is 2.47. The van der Waals surface area contributed by atoms with Crippen molar-refractivity contribution in [2.45, 2.75) is 25.3 Å². The van der Waals surface area contributed by atoms with Gasteiger partial charge in [0.05, 0.1) is 6.20 Å². The van der Waals surface area contributed by atoms with Crippen LogP contribution in [0.15, 0.2) is 48.9 Å². The molecule has 0 saturated heterocycles. The molecular formula is C19H22N4O. The van der Waals surface area contributed by atoms with E-state index >= 15 is 0 Å². The fourth-order valence-electron chi connectivity index (χ4n) is 3.41. The molecule has 1 fully saturated rings. The molecule has 2 heterocycles. The Balaban J connectivity index is 1.24. The number of carbonyl (C=O) groups excluding carboxylic acids is 1. The number of hydrogen-bond acceptors (Lipinski definition) is 2. The lowest BCUT2D eigenvalue weighted by molar-refractivity contribution is -0.122. The third-order valence-electron chi connectivity index (χ3n) is 4.84. The molecule has 4 rings (SSSR count). The second kappa shape index (κ2) is 6.15. The molecule has 2 atom stereocenters. The minimum atomic E-state index is 0.126. The highest BCUT2D eigenvalue weighted by atomic mass is 16.2. The number of fused-ring (bicyclic) bond motifs is 1. The van der Waals surface area contributed by atoms with Crippen LogP contribution in [0.5, 0.6) is 0 Å². The van der Waals surface area contributed by atoms with Gasteiger partial charge in [0, 0.05) is 44.0 Å². The summed E-state index contributed by atoms with van der Waals surface area (Å²) in [5, 5.41) is 8.53. The average molecular weight is 322 g/mol. The SMILES string of the molecule is Cn1cc([C@H]2C[C@@H]2C(=O)NCCCn2ccc3ccccc32)cn1. The fraction of sp³-hybridized carbons (Fsp3) is 0.368. The predicted molar refractivity (Wildman–Crippen MR) is 93.6 cm³/mol. The van der Waals surface area contributed by atoms with Gasteiger partial charge in [-0.1, -0.05) is 18.2 Å². The fourth-order valence-corrected chi connectivity index (χ4v) is 3.41.